The number of rotatable bonds is 4. The summed E-state index contributed by atoms with van der Waals surface area (Å²) in [6.45, 7) is 2.64. The van der Waals surface area contributed by atoms with Crippen molar-refractivity contribution < 1.29 is 14.7 Å². The monoisotopic (exact) mass is 217 g/mol. The van der Waals surface area contributed by atoms with E-state index >= 15 is 0 Å². The van der Waals surface area contributed by atoms with Gasteiger partial charge in [-0.15, -0.1) is 11.8 Å². The van der Waals surface area contributed by atoms with E-state index in [1.165, 1.54) is 11.8 Å². The number of likely N-dealkylation sites (tertiary alicyclic amines) is 1. The van der Waals surface area contributed by atoms with Crippen LogP contribution in [-0.2, 0) is 9.59 Å². The zero-order valence-electron chi connectivity index (χ0n) is 8.40. The highest BCUT2D eigenvalue weighted by molar-refractivity contribution is 8.01. The summed E-state index contributed by atoms with van der Waals surface area (Å²) in [5.74, 6) is -0.670. The lowest BCUT2D eigenvalue weighted by Gasteiger charge is -2.13. The fraction of sp³-hybridized carbons (Fsp3) is 0.778. The number of carbonyl (C=O) groups is 2. The summed E-state index contributed by atoms with van der Waals surface area (Å²) < 4.78 is 0. The van der Waals surface area contributed by atoms with Crippen LogP contribution in [0, 0.1) is 0 Å². The van der Waals surface area contributed by atoms with Crippen molar-refractivity contribution in [1.29, 1.82) is 0 Å². The van der Waals surface area contributed by atoms with Crippen LogP contribution in [0.5, 0.6) is 0 Å². The van der Waals surface area contributed by atoms with Crippen molar-refractivity contribution in [2.45, 2.75) is 30.3 Å². The fourth-order valence-electron chi connectivity index (χ4n) is 1.49. The number of hydrogen-bond acceptors (Lipinski definition) is 3. The second-order valence-electron chi connectivity index (χ2n) is 3.58. The Labute approximate surface area is 87.7 Å². The molecule has 1 aliphatic heterocycles. The third kappa shape index (κ3) is 2.90. The van der Waals surface area contributed by atoms with Gasteiger partial charge in [-0.1, -0.05) is 6.92 Å². The van der Waals surface area contributed by atoms with Crippen LogP contribution < -0.4 is 0 Å². The van der Waals surface area contributed by atoms with Crippen molar-refractivity contribution in [3.63, 3.8) is 0 Å². The quantitative estimate of drug-likeness (QED) is 0.757. The van der Waals surface area contributed by atoms with Gasteiger partial charge in [0.25, 0.3) is 0 Å². The fourth-order valence-corrected chi connectivity index (χ4v) is 2.83. The second kappa shape index (κ2) is 4.68. The first-order valence-electron chi connectivity index (χ1n) is 4.63. The number of carboxylic acids is 1. The lowest BCUT2D eigenvalue weighted by molar-refractivity contribution is -0.137. The minimum absolute atomic E-state index is 0.00736. The van der Waals surface area contributed by atoms with E-state index in [1.54, 1.807) is 11.9 Å². The zero-order valence-corrected chi connectivity index (χ0v) is 9.21. The second-order valence-corrected chi connectivity index (χ2v) is 5.23. The molecule has 14 heavy (non-hydrogen) atoms. The van der Waals surface area contributed by atoms with Crippen molar-refractivity contribution in [2.75, 3.05) is 13.6 Å². The lowest BCUT2D eigenvalue weighted by Crippen LogP contribution is -2.25. The maximum absolute atomic E-state index is 11.5. The first-order chi connectivity index (χ1) is 6.50. The van der Waals surface area contributed by atoms with Crippen molar-refractivity contribution >= 4 is 23.6 Å². The van der Waals surface area contributed by atoms with Gasteiger partial charge in [-0.3, -0.25) is 9.59 Å². The van der Waals surface area contributed by atoms with Crippen LogP contribution in [0.15, 0.2) is 0 Å². The number of carboxylic acid groups (broad SMARTS) is 1. The maximum atomic E-state index is 11.5. The maximum Gasteiger partial charge on any atom is 0.304 e. The molecule has 4 nitrogen and oxygen atoms in total. The molecule has 0 saturated carbocycles. The summed E-state index contributed by atoms with van der Waals surface area (Å²) in [5.41, 5.74) is 0. The van der Waals surface area contributed by atoms with Crippen molar-refractivity contribution in [3.05, 3.63) is 0 Å². The van der Waals surface area contributed by atoms with Crippen LogP contribution in [0.2, 0.25) is 0 Å². The predicted octanol–water partition coefficient (Wildman–Crippen LogP) is 0.813. The van der Waals surface area contributed by atoms with Crippen LogP contribution >= 0.6 is 11.8 Å². The SMILES string of the molecule is CC(CC(=O)O)SC1CCN(C)C1=O. The van der Waals surface area contributed by atoms with Crippen molar-refractivity contribution in [1.82, 2.24) is 4.90 Å². The number of carbonyl (C=O) groups excluding carboxylic acids is 1. The van der Waals surface area contributed by atoms with Gasteiger partial charge < -0.3 is 10.0 Å². The summed E-state index contributed by atoms with van der Waals surface area (Å²) in [7, 11) is 1.78. The summed E-state index contributed by atoms with van der Waals surface area (Å²) >= 11 is 1.48. The van der Waals surface area contributed by atoms with E-state index in [2.05, 4.69) is 0 Å². The Bertz CT molecular complexity index is 244. The topological polar surface area (TPSA) is 57.6 Å². The van der Waals surface area contributed by atoms with Crippen molar-refractivity contribution in [3.8, 4) is 0 Å². The largest absolute Gasteiger partial charge is 0.481 e. The van der Waals surface area contributed by atoms with Crippen LogP contribution in [0.4, 0.5) is 0 Å². The van der Waals surface area contributed by atoms with Gasteiger partial charge in [0.15, 0.2) is 0 Å². The van der Waals surface area contributed by atoms with Crippen LogP contribution in [0.25, 0.3) is 0 Å². The van der Waals surface area contributed by atoms with E-state index in [-0.39, 0.29) is 22.8 Å². The van der Waals surface area contributed by atoms with Crippen LogP contribution in [0.3, 0.4) is 0 Å². The molecule has 0 bridgehead atoms. The van der Waals surface area contributed by atoms with E-state index in [4.69, 9.17) is 5.11 Å². The molecular weight excluding hydrogens is 202 g/mol. The first kappa shape index (κ1) is 11.4. The Morgan fingerprint density at radius 2 is 2.43 bits per heavy atom. The van der Waals surface area contributed by atoms with Gasteiger partial charge in [0.1, 0.15) is 0 Å². The number of aliphatic carboxylic acids is 1. The Morgan fingerprint density at radius 3 is 2.86 bits per heavy atom. The highest BCUT2D eigenvalue weighted by Crippen LogP contribution is 2.28. The molecule has 1 rings (SSSR count). The molecule has 0 aromatic rings. The summed E-state index contributed by atoms with van der Waals surface area (Å²) in [6, 6.07) is 0. The Morgan fingerprint density at radius 1 is 1.79 bits per heavy atom. The molecule has 0 spiro atoms. The van der Waals surface area contributed by atoms with Gasteiger partial charge >= 0.3 is 5.97 Å². The number of hydrogen-bond donors (Lipinski definition) is 1. The smallest absolute Gasteiger partial charge is 0.304 e. The van der Waals surface area contributed by atoms with E-state index < -0.39 is 5.97 Å². The molecule has 1 N–H and O–H groups in total. The minimum Gasteiger partial charge on any atom is -0.481 e. The number of thioether (sulfide) groups is 1. The van der Waals surface area contributed by atoms with Crippen molar-refractivity contribution in [2.24, 2.45) is 0 Å². The Balaban J connectivity index is 2.37. The molecule has 0 aromatic carbocycles. The normalized spacial score (nSPS) is 24.0. The van der Waals surface area contributed by atoms with Gasteiger partial charge in [-0.2, -0.15) is 0 Å². The van der Waals surface area contributed by atoms with E-state index in [9.17, 15) is 9.59 Å². The van der Waals surface area contributed by atoms with Gasteiger partial charge in [0, 0.05) is 18.8 Å². The molecule has 1 heterocycles. The molecule has 2 atom stereocenters. The Hall–Kier alpha value is -0.710. The molecule has 2 unspecified atom stereocenters. The molecule has 1 saturated heterocycles. The lowest BCUT2D eigenvalue weighted by atomic mass is 10.3. The first-order valence-corrected chi connectivity index (χ1v) is 5.57. The summed E-state index contributed by atoms with van der Waals surface area (Å²) in [5, 5.41) is 8.54. The standard InChI is InChI=1S/C9H15NO3S/c1-6(5-8(11)12)14-7-3-4-10(2)9(7)13/h6-7H,3-5H2,1-2H3,(H,11,12). The number of nitrogens with zero attached hydrogens (tertiary/aromatic N) is 1. The molecule has 1 aliphatic rings. The number of amides is 1. The molecule has 0 aromatic heterocycles. The molecule has 80 valence electrons. The molecule has 0 radical (unpaired) electrons. The predicted molar refractivity (Wildman–Crippen MR) is 55.3 cm³/mol. The van der Waals surface area contributed by atoms with Crippen LogP contribution in [0.1, 0.15) is 19.8 Å². The zero-order chi connectivity index (χ0) is 10.7. The third-order valence-electron chi connectivity index (χ3n) is 2.24. The third-order valence-corrected chi connectivity index (χ3v) is 3.63. The summed E-state index contributed by atoms with van der Waals surface area (Å²) in [6.07, 6.45) is 0.960. The van der Waals surface area contributed by atoms with E-state index in [1.807, 2.05) is 6.92 Å². The van der Waals surface area contributed by atoms with E-state index in [0.717, 1.165) is 13.0 Å². The van der Waals surface area contributed by atoms with E-state index in [0.29, 0.717) is 0 Å². The van der Waals surface area contributed by atoms with Gasteiger partial charge in [-0.05, 0) is 6.42 Å². The molecule has 0 aliphatic carbocycles. The Kier molecular flexibility index (Phi) is 3.80. The van der Waals surface area contributed by atoms with Gasteiger partial charge in [-0.25, -0.2) is 0 Å². The molecule has 5 heteroatoms. The minimum atomic E-state index is -0.802. The average molecular weight is 217 g/mol. The summed E-state index contributed by atoms with van der Waals surface area (Å²) in [4.78, 5) is 23.6. The average Bonchev–Trinajstić information content (AvgIpc) is 2.34. The molecular formula is C9H15NO3S. The highest BCUT2D eigenvalue weighted by atomic mass is 32.2. The molecule has 1 amide bonds. The highest BCUT2D eigenvalue weighted by Gasteiger charge is 2.30. The molecule has 1 fully saturated rings. The van der Waals surface area contributed by atoms with Gasteiger partial charge in [0.05, 0.1) is 11.7 Å². The van der Waals surface area contributed by atoms with Crippen LogP contribution in [-0.4, -0.2) is 46.0 Å². The van der Waals surface area contributed by atoms with Gasteiger partial charge in [0.2, 0.25) is 5.91 Å².